The van der Waals surface area contributed by atoms with Crippen LogP contribution in [0.15, 0.2) is 24.3 Å². The molecule has 0 aliphatic heterocycles. The number of hydrogen-bond donors (Lipinski definition) is 1. The van der Waals surface area contributed by atoms with Gasteiger partial charge in [-0.1, -0.05) is 45.2 Å². The van der Waals surface area contributed by atoms with Gasteiger partial charge in [0, 0.05) is 0 Å². The Kier molecular flexibility index (Phi) is 6.71. The maximum absolute atomic E-state index is 9.92. The molecular weight excluding hydrogens is 212 g/mol. The largest absolute Gasteiger partial charge is 0.494 e. The average molecular weight is 236 g/mol. The van der Waals surface area contributed by atoms with Gasteiger partial charge in [0.05, 0.1) is 12.7 Å². The van der Waals surface area contributed by atoms with E-state index in [-0.39, 0.29) is 6.10 Å². The number of ether oxygens (including phenoxy) is 1. The van der Waals surface area contributed by atoms with Crippen molar-refractivity contribution in [3.8, 4) is 5.75 Å². The number of unbranched alkanes of at least 4 members (excludes halogenated alkanes) is 2. The first-order chi connectivity index (χ1) is 8.27. The van der Waals surface area contributed by atoms with Crippen LogP contribution in [0.4, 0.5) is 0 Å². The smallest absolute Gasteiger partial charge is 0.119 e. The number of hydrogen-bond acceptors (Lipinski definition) is 2. The molecule has 1 aromatic carbocycles. The summed E-state index contributed by atoms with van der Waals surface area (Å²) in [6, 6.07) is 7.81. The van der Waals surface area contributed by atoms with E-state index in [1.165, 1.54) is 0 Å². The second-order valence-electron chi connectivity index (χ2n) is 4.43. The normalized spacial score (nSPS) is 12.4. The zero-order valence-corrected chi connectivity index (χ0v) is 11.0. The van der Waals surface area contributed by atoms with Crippen molar-refractivity contribution in [1.29, 1.82) is 0 Å². The molecule has 2 heteroatoms. The minimum atomic E-state index is -0.334. The fraction of sp³-hybridized carbons (Fsp3) is 0.600. The Morgan fingerprint density at radius 2 is 1.71 bits per heavy atom. The van der Waals surface area contributed by atoms with Crippen LogP contribution in [0.25, 0.3) is 0 Å². The lowest BCUT2D eigenvalue weighted by Gasteiger charge is -2.11. The van der Waals surface area contributed by atoms with Crippen LogP contribution in [-0.2, 0) is 0 Å². The maximum atomic E-state index is 9.92. The van der Waals surface area contributed by atoms with E-state index in [1.54, 1.807) is 0 Å². The van der Waals surface area contributed by atoms with Crippen molar-refractivity contribution < 1.29 is 9.84 Å². The molecule has 0 spiro atoms. The predicted molar refractivity (Wildman–Crippen MR) is 71.3 cm³/mol. The highest BCUT2D eigenvalue weighted by Gasteiger charge is 2.06. The van der Waals surface area contributed by atoms with Crippen LogP contribution >= 0.6 is 0 Å². The van der Waals surface area contributed by atoms with Crippen molar-refractivity contribution in [3.63, 3.8) is 0 Å². The Labute approximate surface area is 105 Å². The monoisotopic (exact) mass is 236 g/mol. The lowest BCUT2D eigenvalue weighted by Crippen LogP contribution is -1.99. The van der Waals surface area contributed by atoms with Crippen molar-refractivity contribution in [3.05, 3.63) is 29.8 Å². The van der Waals surface area contributed by atoms with Crippen LogP contribution in [0.3, 0.4) is 0 Å². The van der Waals surface area contributed by atoms with Crippen LogP contribution in [0.5, 0.6) is 5.75 Å². The fourth-order valence-electron chi connectivity index (χ4n) is 1.68. The third kappa shape index (κ3) is 5.22. The molecule has 1 N–H and O–H groups in total. The Morgan fingerprint density at radius 1 is 1.06 bits per heavy atom. The minimum absolute atomic E-state index is 0.334. The molecule has 0 fully saturated rings. The highest BCUT2D eigenvalue weighted by molar-refractivity contribution is 5.28. The molecular formula is C15H24O2. The molecule has 0 amide bonds. The van der Waals surface area contributed by atoms with Gasteiger partial charge in [0.25, 0.3) is 0 Å². The van der Waals surface area contributed by atoms with Gasteiger partial charge in [-0.3, -0.25) is 0 Å². The lowest BCUT2D eigenvalue weighted by atomic mass is 10.0. The number of benzene rings is 1. The van der Waals surface area contributed by atoms with Crippen molar-refractivity contribution in [1.82, 2.24) is 0 Å². The lowest BCUT2D eigenvalue weighted by molar-refractivity contribution is 0.164. The topological polar surface area (TPSA) is 29.5 Å². The number of aliphatic hydroxyl groups is 1. The SMILES string of the molecule is CCCCOc1ccc([C@H](O)CCCC)cc1. The molecule has 1 rings (SSSR count). The second-order valence-corrected chi connectivity index (χ2v) is 4.43. The van der Waals surface area contributed by atoms with Gasteiger partial charge in [0.1, 0.15) is 5.75 Å². The molecule has 0 radical (unpaired) electrons. The highest BCUT2D eigenvalue weighted by Crippen LogP contribution is 2.21. The second kappa shape index (κ2) is 8.13. The zero-order chi connectivity index (χ0) is 12.5. The van der Waals surface area contributed by atoms with Crippen molar-refractivity contribution in [2.75, 3.05) is 6.61 Å². The van der Waals surface area contributed by atoms with Crippen molar-refractivity contribution >= 4 is 0 Å². The van der Waals surface area contributed by atoms with Crippen LogP contribution in [0.2, 0.25) is 0 Å². The van der Waals surface area contributed by atoms with E-state index >= 15 is 0 Å². The minimum Gasteiger partial charge on any atom is -0.494 e. The van der Waals surface area contributed by atoms with Gasteiger partial charge in [0.2, 0.25) is 0 Å². The quantitative estimate of drug-likeness (QED) is 0.689. The number of rotatable bonds is 8. The Bertz CT molecular complexity index is 292. The maximum Gasteiger partial charge on any atom is 0.119 e. The molecule has 1 atom stereocenters. The van der Waals surface area contributed by atoms with E-state index < -0.39 is 0 Å². The van der Waals surface area contributed by atoms with Crippen molar-refractivity contribution in [2.45, 2.75) is 52.1 Å². The van der Waals surface area contributed by atoms with E-state index in [4.69, 9.17) is 4.74 Å². The average Bonchev–Trinajstić information content (AvgIpc) is 2.37. The summed E-state index contributed by atoms with van der Waals surface area (Å²) in [7, 11) is 0. The molecule has 0 aromatic heterocycles. The van der Waals surface area contributed by atoms with Crippen molar-refractivity contribution in [2.24, 2.45) is 0 Å². The summed E-state index contributed by atoms with van der Waals surface area (Å²) in [6.45, 7) is 5.06. The zero-order valence-electron chi connectivity index (χ0n) is 11.0. The summed E-state index contributed by atoms with van der Waals surface area (Å²) < 4.78 is 5.58. The predicted octanol–water partition coefficient (Wildman–Crippen LogP) is 4.09. The molecule has 0 aliphatic carbocycles. The van der Waals surface area contributed by atoms with Gasteiger partial charge in [-0.25, -0.2) is 0 Å². The summed E-state index contributed by atoms with van der Waals surface area (Å²) in [5.41, 5.74) is 0.987. The Balaban J connectivity index is 2.43. The van der Waals surface area contributed by atoms with Crippen LogP contribution in [-0.4, -0.2) is 11.7 Å². The van der Waals surface area contributed by atoms with Gasteiger partial charge in [-0.05, 0) is 30.5 Å². The van der Waals surface area contributed by atoms with E-state index in [1.807, 2.05) is 24.3 Å². The molecule has 0 saturated heterocycles. The van der Waals surface area contributed by atoms with Crippen LogP contribution in [0.1, 0.15) is 57.6 Å². The molecule has 0 unspecified atom stereocenters. The Hall–Kier alpha value is -1.02. The summed E-state index contributed by atoms with van der Waals surface area (Å²) in [5, 5.41) is 9.92. The first kappa shape index (κ1) is 14.0. The summed E-state index contributed by atoms with van der Waals surface area (Å²) in [6.07, 6.45) is 4.92. The molecule has 0 bridgehead atoms. The van der Waals surface area contributed by atoms with Gasteiger partial charge in [-0.15, -0.1) is 0 Å². The molecule has 0 saturated carbocycles. The van der Waals surface area contributed by atoms with Crippen LogP contribution in [0, 0.1) is 0 Å². The van der Waals surface area contributed by atoms with Gasteiger partial charge in [0.15, 0.2) is 0 Å². The summed E-state index contributed by atoms with van der Waals surface area (Å²) >= 11 is 0. The summed E-state index contributed by atoms with van der Waals surface area (Å²) in [4.78, 5) is 0. The molecule has 0 heterocycles. The standard InChI is InChI=1S/C15H24O2/c1-3-5-7-15(16)13-8-10-14(11-9-13)17-12-6-4-2/h8-11,15-16H,3-7,12H2,1-2H3/t15-/m1/s1. The molecule has 2 nitrogen and oxygen atoms in total. The molecule has 96 valence electrons. The van der Waals surface area contributed by atoms with Crippen LogP contribution < -0.4 is 4.74 Å². The molecule has 17 heavy (non-hydrogen) atoms. The van der Waals surface area contributed by atoms with Gasteiger partial charge >= 0.3 is 0 Å². The summed E-state index contributed by atoms with van der Waals surface area (Å²) in [5.74, 6) is 0.893. The van der Waals surface area contributed by atoms with E-state index in [0.717, 1.165) is 50.0 Å². The fourth-order valence-corrected chi connectivity index (χ4v) is 1.68. The van der Waals surface area contributed by atoms with E-state index in [0.29, 0.717) is 0 Å². The van der Waals surface area contributed by atoms with Gasteiger partial charge in [-0.2, -0.15) is 0 Å². The number of aliphatic hydroxyl groups excluding tert-OH is 1. The molecule has 0 aliphatic rings. The van der Waals surface area contributed by atoms with E-state index in [9.17, 15) is 5.11 Å². The molecule has 1 aromatic rings. The third-order valence-electron chi connectivity index (χ3n) is 2.86. The first-order valence-corrected chi connectivity index (χ1v) is 6.68. The first-order valence-electron chi connectivity index (χ1n) is 6.68. The van der Waals surface area contributed by atoms with E-state index in [2.05, 4.69) is 13.8 Å². The Morgan fingerprint density at radius 3 is 2.29 bits per heavy atom. The highest BCUT2D eigenvalue weighted by atomic mass is 16.5. The third-order valence-corrected chi connectivity index (χ3v) is 2.86. The van der Waals surface area contributed by atoms with Gasteiger partial charge < -0.3 is 9.84 Å².